The lowest BCUT2D eigenvalue weighted by Gasteiger charge is -2.12. The van der Waals surface area contributed by atoms with E-state index in [0.717, 1.165) is 17.4 Å². The largest absolute Gasteiger partial charge is 0.382 e. The third-order valence-corrected chi connectivity index (χ3v) is 3.36. The first-order valence-electron chi connectivity index (χ1n) is 7.12. The van der Waals surface area contributed by atoms with Gasteiger partial charge in [-0.15, -0.1) is 24.0 Å². The zero-order chi connectivity index (χ0) is 16.2. The average Bonchev–Trinajstić information content (AvgIpc) is 2.52. The van der Waals surface area contributed by atoms with Crippen molar-refractivity contribution < 1.29 is 13.9 Å². The average molecular weight is 504 g/mol. The molecule has 0 aliphatic rings. The van der Waals surface area contributed by atoms with E-state index in [4.69, 9.17) is 9.47 Å². The van der Waals surface area contributed by atoms with Crippen LogP contribution in [-0.4, -0.2) is 46.5 Å². The Hall–Kier alpha value is -0.450. The summed E-state index contributed by atoms with van der Waals surface area (Å²) >= 11 is 3.33. The normalized spacial score (nSPS) is 11.0. The molecule has 0 atom stereocenters. The molecule has 0 radical (unpaired) electrons. The third-order valence-electron chi connectivity index (χ3n) is 2.87. The van der Waals surface area contributed by atoms with Crippen LogP contribution in [0.2, 0.25) is 0 Å². The molecule has 0 heterocycles. The van der Waals surface area contributed by atoms with Crippen molar-refractivity contribution in [1.29, 1.82) is 0 Å². The molecule has 0 saturated carbocycles. The maximum Gasteiger partial charge on any atom is 0.191 e. The Kier molecular flexibility index (Phi) is 13.7. The van der Waals surface area contributed by atoms with Gasteiger partial charge in [-0.2, -0.15) is 0 Å². The summed E-state index contributed by atoms with van der Waals surface area (Å²) in [5, 5.41) is 6.24. The molecule has 0 aromatic heterocycles. The zero-order valence-corrected chi connectivity index (χ0v) is 17.3. The predicted molar refractivity (Wildman–Crippen MR) is 105 cm³/mol. The monoisotopic (exact) mass is 503 g/mol. The van der Waals surface area contributed by atoms with E-state index in [1.54, 1.807) is 26.3 Å². The van der Waals surface area contributed by atoms with Gasteiger partial charge in [0, 0.05) is 43.9 Å². The van der Waals surface area contributed by atoms with Gasteiger partial charge in [-0.05, 0) is 24.6 Å². The number of methoxy groups -OCH3 is 1. The van der Waals surface area contributed by atoms with Crippen molar-refractivity contribution in [3.63, 3.8) is 0 Å². The maximum atomic E-state index is 13.6. The summed E-state index contributed by atoms with van der Waals surface area (Å²) in [6, 6.07) is 4.86. The standard InChI is InChI=1S/C15H23BrFN3O2.HI/c1-18-15(19-6-3-7-22-9-8-21-2)20-11-12-10-13(16)4-5-14(12)17;/h4-5,10H,3,6-9,11H2,1-2H3,(H2,18,19,20);1H. The number of hydrogen-bond donors (Lipinski definition) is 2. The lowest BCUT2D eigenvalue weighted by Crippen LogP contribution is -2.37. The maximum absolute atomic E-state index is 13.6. The molecule has 5 nitrogen and oxygen atoms in total. The molecule has 0 aliphatic carbocycles. The lowest BCUT2D eigenvalue weighted by molar-refractivity contribution is 0.0698. The van der Waals surface area contributed by atoms with Gasteiger partial charge in [0.15, 0.2) is 5.96 Å². The molecular formula is C15H24BrFIN3O2. The van der Waals surface area contributed by atoms with Crippen LogP contribution in [0.25, 0.3) is 0 Å². The van der Waals surface area contributed by atoms with Crippen molar-refractivity contribution in [2.75, 3.05) is 40.5 Å². The zero-order valence-electron chi connectivity index (χ0n) is 13.4. The van der Waals surface area contributed by atoms with Gasteiger partial charge in [-0.25, -0.2) is 4.39 Å². The summed E-state index contributed by atoms with van der Waals surface area (Å²) < 4.78 is 24.7. The Labute approximate surface area is 162 Å². The van der Waals surface area contributed by atoms with Crippen LogP contribution in [0, 0.1) is 5.82 Å². The van der Waals surface area contributed by atoms with Gasteiger partial charge in [0.2, 0.25) is 0 Å². The molecule has 0 unspecified atom stereocenters. The number of nitrogens with one attached hydrogen (secondary N) is 2. The predicted octanol–water partition coefficient (Wildman–Crippen LogP) is 2.92. The molecule has 0 bridgehead atoms. The fourth-order valence-corrected chi connectivity index (χ4v) is 2.11. The first-order valence-corrected chi connectivity index (χ1v) is 7.91. The minimum atomic E-state index is -0.238. The summed E-state index contributed by atoms with van der Waals surface area (Å²) in [6.07, 6.45) is 0.857. The number of rotatable bonds is 9. The van der Waals surface area contributed by atoms with Crippen molar-refractivity contribution in [3.8, 4) is 0 Å². The van der Waals surface area contributed by atoms with E-state index in [1.165, 1.54) is 6.07 Å². The molecule has 1 aromatic carbocycles. The number of halogens is 3. The van der Waals surface area contributed by atoms with Crippen LogP contribution in [0.3, 0.4) is 0 Å². The fraction of sp³-hybridized carbons (Fsp3) is 0.533. The molecule has 132 valence electrons. The number of ether oxygens (including phenoxy) is 2. The van der Waals surface area contributed by atoms with E-state index >= 15 is 0 Å². The van der Waals surface area contributed by atoms with Crippen LogP contribution < -0.4 is 10.6 Å². The van der Waals surface area contributed by atoms with E-state index in [1.807, 2.05) is 0 Å². The minimum absolute atomic E-state index is 0. The second kappa shape index (κ2) is 13.9. The van der Waals surface area contributed by atoms with E-state index in [-0.39, 0.29) is 29.8 Å². The van der Waals surface area contributed by atoms with Gasteiger partial charge in [-0.3, -0.25) is 4.99 Å². The van der Waals surface area contributed by atoms with Crippen molar-refractivity contribution >= 4 is 45.9 Å². The Morgan fingerprint density at radius 2 is 2.04 bits per heavy atom. The molecule has 8 heteroatoms. The SMILES string of the molecule is CN=C(NCCCOCCOC)NCc1cc(Br)ccc1F.I. The Bertz CT molecular complexity index is 478. The van der Waals surface area contributed by atoms with Gasteiger partial charge in [0.05, 0.1) is 13.2 Å². The number of guanidine groups is 1. The van der Waals surface area contributed by atoms with Crippen LogP contribution in [0.5, 0.6) is 0 Å². The molecule has 1 aromatic rings. The molecule has 0 aliphatic heterocycles. The molecule has 0 amide bonds. The van der Waals surface area contributed by atoms with Crippen molar-refractivity contribution in [2.45, 2.75) is 13.0 Å². The highest BCUT2D eigenvalue weighted by atomic mass is 127. The van der Waals surface area contributed by atoms with Crippen molar-refractivity contribution in [1.82, 2.24) is 10.6 Å². The summed E-state index contributed by atoms with van der Waals surface area (Å²) in [4.78, 5) is 4.10. The molecule has 0 fully saturated rings. The molecule has 0 saturated heterocycles. The van der Waals surface area contributed by atoms with Crippen molar-refractivity contribution in [2.24, 2.45) is 4.99 Å². The highest BCUT2D eigenvalue weighted by molar-refractivity contribution is 14.0. The van der Waals surface area contributed by atoms with Gasteiger partial charge in [-0.1, -0.05) is 15.9 Å². The topological polar surface area (TPSA) is 54.9 Å². The van der Waals surface area contributed by atoms with Crippen molar-refractivity contribution in [3.05, 3.63) is 34.1 Å². The quantitative estimate of drug-likeness (QED) is 0.235. The van der Waals surface area contributed by atoms with Gasteiger partial charge >= 0.3 is 0 Å². The smallest absolute Gasteiger partial charge is 0.191 e. The Balaban J connectivity index is 0.00000484. The first kappa shape index (κ1) is 22.6. The second-order valence-electron chi connectivity index (χ2n) is 4.55. The van der Waals surface area contributed by atoms with Crippen LogP contribution >= 0.6 is 39.9 Å². The number of nitrogens with zero attached hydrogens (tertiary/aromatic N) is 1. The third kappa shape index (κ3) is 10.1. The molecule has 23 heavy (non-hydrogen) atoms. The highest BCUT2D eigenvalue weighted by Crippen LogP contribution is 2.15. The summed E-state index contributed by atoms with van der Waals surface area (Å²) in [7, 11) is 3.33. The van der Waals surface area contributed by atoms with E-state index < -0.39 is 0 Å². The Morgan fingerprint density at radius 1 is 1.26 bits per heavy atom. The fourth-order valence-electron chi connectivity index (χ4n) is 1.70. The van der Waals surface area contributed by atoms with Gasteiger partial charge in [0.25, 0.3) is 0 Å². The lowest BCUT2D eigenvalue weighted by atomic mass is 10.2. The number of hydrogen-bond acceptors (Lipinski definition) is 3. The summed E-state index contributed by atoms with van der Waals surface area (Å²) in [5.41, 5.74) is 0.584. The number of benzene rings is 1. The molecule has 1 rings (SSSR count). The van der Waals surface area contributed by atoms with Crippen LogP contribution in [0.1, 0.15) is 12.0 Å². The summed E-state index contributed by atoms with van der Waals surface area (Å²) in [5.74, 6) is 0.397. The van der Waals surface area contributed by atoms with Crippen LogP contribution in [0.15, 0.2) is 27.7 Å². The van der Waals surface area contributed by atoms with E-state index in [0.29, 0.717) is 37.9 Å². The van der Waals surface area contributed by atoms with Crippen LogP contribution in [-0.2, 0) is 16.0 Å². The minimum Gasteiger partial charge on any atom is -0.382 e. The summed E-state index contributed by atoms with van der Waals surface area (Å²) in [6.45, 7) is 2.97. The molecular weight excluding hydrogens is 480 g/mol. The number of aliphatic imine (C=N–C) groups is 1. The first-order chi connectivity index (χ1) is 10.7. The van der Waals surface area contributed by atoms with E-state index in [9.17, 15) is 4.39 Å². The van der Waals surface area contributed by atoms with Crippen LogP contribution in [0.4, 0.5) is 4.39 Å². The van der Waals surface area contributed by atoms with E-state index in [2.05, 4.69) is 31.6 Å². The Morgan fingerprint density at radius 3 is 2.74 bits per heavy atom. The molecule has 0 spiro atoms. The van der Waals surface area contributed by atoms with Gasteiger partial charge < -0.3 is 20.1 Å². The second-order valence-corrected chi connectivity index (χ2v) is 5.46. The molecule has 2 N–H and O–H groups in total. The highest BCUT2D eigenvalue weighted by Gasteiger charge is 2.04. The van der Waals surface area contributed by atoms with Gasteiger partial charge in [0.1, 0.15) is 5.82 Å².